The molecule has 7 heteroatoms. The topological polar surface area (TPSA) is 76.1 Å². The third-order valence-corrected chi connectivity index (χ3v) is 5.14. The van der Waals surface area contributed by atoms with E-state index in [-0.39, 0.29) is 16.9 Å². The summed E-state index contributed by atoms with van der Waals surface area (Å²) < 4.78 is 24.0. The number of amides is 1. The van der Waals surface area contributed by atoms with Crippen molar-refractivity contribution in [1.29, 1.82) is 0 Å². The maximum atomic E-state index is 13.5. The quantitative estimate of drug-likeness (QED) is 0.421. The molecule has 1 aliphatic heterocycles. The van der Waals surface area contributed by atoms with Crippen LogP contribution in [0.5, 0.6) is 11.5 Å². The lowest BCUT2D eigenvalue weighted by Gasteiger charge is -2.25. The zero-order valence-corrected chi connectivity index (χ0v) is 17.1. The fourth-order valence-corrected chi connectivity index (χ4v) is 3.57. The minimum atomic E-state index is -0.816. The first-order valence-electron chi connectivity index (χ1n) is 9.69. The molecule has 1 heterocycles. The van der Waals surface area contributed by atoms with Crippen LogP contribution in [0.4, 0.5) is 4.39 Å². The molecule has 1 atom stereocenters. The molecule has 2 aromatic carbocycles. The molecule has 0 spiro atoms. The Balaban J connectivity index is 2.19. The average Bonchev–Trinajstić information content (AvgIpc) is 3.02. The molecule has 1 N–H and O–H groups in total. The van der Waals surface area contributed by atoms with Gasteiger partial charge in [-0.05, 0) is 36.2 Å². The fraction of sp³-hybridized carbons (Fsp3) is 0.304. The van der Waals surface area contributed by atoms with E-state index in [0.29, 0.717) is 30.0 Å². The molecule has 0 radical (unpaired) electrons. The zero-order chi connectivity index (χ0) is 21.8. The maximum Gasteiger partial charge on any atom is 0.295 e. The molecule has 1 fully saturated rings. The second-order valence-electron chi connectivity index (χ2n) is 6.96. The summed E-state index contributed by atoms with van der Waals surface area (Å²) in [5, 5.41) is 11.1. The van der Waals surface area contributed by atoms with Gasteiger partial charge in [-0.3, -0.25) is 9.59 Å². The highest BCUT2D eigenvalue weighted by molar-refractivity contribution is 6.46. The molecule has 0 saturated carbocycles. The molecule has 1 amide bonds. The van der Waals surface area contributed by atoms with Crippen LogP contribution in [0.25, 0.3) is 5.76 Å². The van der Waals surface area contributed by atoms with Gasteiger partial charge in [-0.25, -0.2) is 4.39 Å². The minimum Gasteiger partial charge on any atom is -0.507 e. The first-order valence-corrected chi connectivity index (χ1v) is 9.69. The Morgan fingerprint density at radius 1 is 1.10 bits per heavy atom. The molecule has 0 bridgehead atoms. The standard InChI is InChI=1S/C23H24FNO5/c1-4-5-12-25-20(14-6-8-15(24)9-7-14)19(22(27)23(25)28)21(26)17-11-10-16(29-2)13-18(17)30-3/h6-11,13,20,26H,4-5,12H2,1-3H3/b21-19-. The molecular formula is C23H24FNO5. The number of rotatable bonds is 7. The number of unbranched alkanes of at least 4 members (excludes halogenated alkanes) is 1. The first-order chi connectivity index (χ1) is 14.4. The van der Waals surface area contributed by atoms with Crippen LogP contribution in [-0.2, 0) is 9.59 Å². The van der Waals surface area contributed by atoms with Crippen molar-refractivity contribution in [2.75, 3.05) is 20.8 Å². The molecule has 3 rings (SSSR count). The lowest BCUT2D eigenvalue weighted by atomic mass is 9.95. The number of carbonyl (C=O) groups excluding carboxylic acids is 2. The van der Waals surface area contributed by atoms with Crippen molar-refractivity contribution >= 4 is 17.4 Å². The van der Waals surface area contributed by atoms with Gasteiger partial charge in [0.05, 0.1) is 31.4 Å². The predicted molar refractivity (Wildman–Crippen MR) is 110 cm³/mol. The summed E-state index contributed by atoms with van der Waals surface area (Å²) in [6.45, 7) is 2.32. The van der Waals surface area contributed by atoms with Crippen molar-refractivity contribution in [3.63, 3.8) is 0 Å². The van der Waals surface area contributed by atoms with Crippen molar-refractivity contribution in [2.45, 2.75) is 25.8 Å². The number of nitrogens with zero attached hydrogens (tertiary/aromatic N) is 1. The van der Waals surface area contributed by atoms with Gasteiger partial charge >= 0.3 is 0 Å². The minimum absolute atomic E-state index is 0.0498. The van der Waals surface area contributed by atoms with Gasteiger partial charge < -0.3 is 19.5 Å². The third-order valence-electron chi connectivity index (χ3n) is 5.14. The molecule has 2 aromatic rings. The lowest BCUT2D eigenvalue weighted by Crippen LogP contribution is -2.30. The number of methoxy groups -OCH3 is 2. The summed E-state index contributed by atoms with van der Waals surface area (Å²) in [5.74, 6) is -1.43. The number of hydrogen-bond donors (Lipinski definition) is 1. The molecule has 6 nitrogen and oxygen atoms in total. The van der Waals surface area contributed by atoms with E-state index >= 15 is 0 Å². The summed E-state index contributed by atoms with van der Waals surface area (Å²) in [6, 6.07) is 9.52. The predicted octanol–water partition coefficient (Wildman–Crippen LogP) is 4.06. The van der Waals surface area contributed by atoms with E-state index in [9.17, 15) is 19.1 Å². The number of Topliss-reactive ketones (excluding diaryl/α,β-unsaturated/α-hetero) is 1. The molecule has 0 aliphatic carbocycles. The van der Waals surface area contributed by atoms with Crippen molar-refractivity contribution < 1.29 is 28.6 Å². The zero-order valence-electron chi connectivity index (χ0n) is 17.1. The normalized spacial score (nSPS) is 18.0. The first kappa shape index (κ1) is 21.4. The van der Waals surface area contributed by atoms with E-state index in [4.69, 9.17) is 9.47 Å². The number of ether oxygens (including phenoxy) is 2. The number of ketones is 1. The van der Waals surface area contributed by atoms with E-state index in [2.05, 4.69) is 0 Å². The third kappa shape index (κ3) is 3.87. The van der Waals surface area contributed by atoms with Crippen molar-refractivity contribution in [2.24, 2.45) is 0 Å². The molecule has 30 heavy (non-hydrogen) atoms. The number of aliphatic hydroxyl groups excluding tert-OH is 1. The molecular weight excluding hydrogens is 389 g/mol. The van der Waals surface area contributed by atoms with Crippen molar-refractivity contribution in [1.82, 2.24) is 4.90 Å². The highest BCUT2D eigenvalue weighted by Gasteiger charge is 2.46. The fourth-order valence-electron chi connectivity index (χ4n) is 3.57. The van der Waals surface area contributed by atoms with Gasteiger partial charge in [0.2, 0.25) is 0 Å². The van der Waals surface area contributed by atoms with Gasteiger partial charge in [-0.1, -0.05) is 25.5 Å². The summed E-state index contributed by atoms with van der Waals surface area (Å²) in [5.41, 5.74) is 0.755. The molecule has 0 aromatic heterocycles. The number of hydrogen-bond acceptors (Lipinski definition) is 5. The number of likely N-dealkylation sites (tertiary alicyclic amines) is 1. The molecule has 1 aliphatic rings. The molecule has 158 valence electrons. The van der Waals surface area contributed by atoms with E-state index < -0.39 is 23.5 Å². The highest BCUT2D eigenvalue weighted by atomic mass is 19.1. The van der Waals surface area contributed by atoms with Gasteiger partial charge in [0.1, 0.15) is 23.1 Å². The Bertz CT molecular complexity index is 984. The molecule has 1 saturated heterocycles. The van der Waals surface area contributed by atoms with Gasteiger partial charge in [0.25, 0.3) is 11.7 Å². The Morgan fingerprint density at radius 2 is 1.80 bits per heavy atom. The largest absolute Gasteiger partial charge is 0.507 e. The van der Waals surface area contributed by atoms with Crippen LogP contribution in [0.3, 0.4) is 0 Å². The van der Waals surface area contributed by atoms with Crippen LogP contribution in [0, 0.1) is 5.82 Å². The van der Waals surface area contributed by atoms with E-state index in [1.165, 1.54) is 43.4 Å². The lowest BCUT2D eigenvalue weighted by molar-refractivity contribution is -0.139. The Morgan fingerprint density at radius 3 is 2.40 bits per heavy atom. The summed E-state index contributed by atoms with van der Waals surface area (Å²) in [7, 11) is 2.94. The Labute approximate surface area is 174 Å². The van der Waals surface area contributed by atoms with Crippen molar-refractivity contribution in [3.05, 3.63) is 65.0 Å². The van der Waals surface area contributed by atoms with Crippen LogP contribution in [0.15, 0.2) is 48.0 Å². The second kappa shape index (κ2) is 8.98. The van der Waals surface area contributed by atoms with E-state index in [1.807, 2.05) is 6.92 Å². The monoisotopic (exact) mass is 413 g/mol. The van der Waals surface area contributed by atoms with E-state index in [0.717, 1.165) is 6.42 Å². The van der Waals surface area contributed by atoms with Gasteiger partial charge in [-0.2, -0.15) is 0 Å². The van der Waals surface area contributed by atoms with Crippen LogP contribution < -0.4 is 9.47 Å². The SMILES string of the molecule is CCCCN1C(=O)C(=O)/C(=C(\O)c2ccc(OC)cc2OC)C1c1ccc(F)cc1. The second-order valence-corrected chi connectivity index (χ2v) is 6.96. The smallest absolute Gasteiger partial charge is 0.295 e. The summed E-state index contributed by atoms with van der Waals surface area (Å²) in [6.07, 6.45) is 1.52. The Hall–Kier alpha value is -3.35. The van der Waals surface area contributed by atoms with Crippen LogP contribution in [0.1, 0.15) is 36.9 Å². The molecule has 1 unspecified atom stereocenters. The Kier molecular flexibility index (Phi) is 6.40. The van der Waals surface area contributed by atoms with Crippen LogP contribution >= 0.6 is 0 Å². The van der Waals surface area contributed by atoms with Crippen molar-refractivity contribution in [3.8, 4) is 11.5 Å². The number of aliphatic hydroxyl groups is 1. The number of halogens is 1. The van der Waals surface area contributed by atoms with Gasteiger partial charge in [0.15, 0.2) is 0 Å². The average molecular weight is 413 g/mol. The van der Waals surface area contributed by atoms with E-state index in [1.54, 1.807) is 18.2 Å². The maximum absolute atomic E-state index is 13.5. The van der Waals surface area contributed by atoms with Crippen LogP contribution in [-0.4, -0.2) is 42.5 Å². The summed E-state index contributed by atoms with van der Waals surface area (Å²) >= 11 is 0. The summed E-state index contributed by atoms with van der Waals surface area (Å²) in [4.78, 5) is 27.1. The van der Waals surface area contributed by atoms with Gasteiger partial charge in [0, 0.05) is 12.6 Å². The number of carbonyl (C=O) groups is 2. The van der Waals surface area contributed by atoms with Gasteiger partial charge in [-0.15, -0.1) is 0 Å². The highest BCUT2D eigenvalue weighted by Crippen LogP contribution is 2.41. The number of benzene rings is 2. The van der Waals surface area contributed by atoms with Crippen LogP contribution in [0.2, 0.25) is 0 Å².